The molecule has 1 aromatic heterocycles. The van der Waals surface area contributed by atoms with Crippen LogP contribution in [0.3, 0.4) is 0 Å². The molecule has 2 heterocycles. The molecule has 24 heavy (non-hydrogen) atoms. The summed E-state index contributed by atoms with van der Waals surface area (Å²) >= 11 is 1.31. The van der Waals surface area contributed by atoms with Crippen LogP contribution < -0.4 is 0 Å². The fourth-order valence-electron chi connectivity index (χ4n) is 2.27. The van der Waals surface area contributed by atoms with E-state index in [-0.39, 0.29) is 12.5 Å². The average Bonchev–Trinajstić information content (AvgIpc) is 3.18. The molecule has 0 aliphatic carbocycles. The zero-order valence-electron chi connectivity index (χ0n) is 13.1. The van der Waals surface area contributed by atoms with E-state index in [9.17, 15) is 9.59 Å². The van der Waals surface area contributed by atoms with Gasteiger partial charge in [-0.05, 0) is 6.92 Å². The summed E-state index contributed by atoms with van der Waals surface area (Å²) in [5.41, 5.74) is 1.54. The van der Waals surface area contributed by atoms with Gasteiger partial charge in [0.2, 0.25) is 5.91 Å². The smallest absolute Gasteiger partial charge is 0.333 e. The van der Waals surface area contributed by atoms with Crippen LogP contribution in [0.2, 0.25) is 0 Å². The first-order valence-corrected chi connectivity index (χ1v) is 8.48. The largest absolute Gasteiger partial charge is 0.463 e. The first-order chi connectivity index (χ1) is 11.7. The van der Waals surface area contributed by atoms with Crippen molar-refractivity contribution in [2.45, 2.75) is 13.5 Å². The molecular weight excluding hydrogens is 328 g/mol. The number of aromatic nitrogens is 1. The van der Waals surface area contributed by atoms with Crippen molar-refractivity contribution in [1.82, 2.24) is 10.1 Å². The predicted molar refractivity (Wildman–Crippen MR) is 89.7 cm³/mol. The van der Waals surface area contributed by atoms with Crippen LogP contribution in [0.15, 0.2) is 52.0 Å². The third-order valence-corrected chi connectivity index (χ3v) is 4.40. The molecule has 7 heteroatoms. The maximum Gasteiger partial charge on any atom is 0.333 e. The fourth-order valence-corrected chi connectivity index (χ4v) is 3.20. The summed E-state index contributed by atoms with van der Waals surface area (Å²) in [5, 5.41) is 4.59. The molecule has 0 N–H and O–H groups in total. The Morgan fingerprint density at radius 1 is 1.42 bits per heavy atom. The molecule has 0 atom stereocenters. The van der Waals surface area contributed by atoms with Crippen LogP contribution in [0.1, 0.15) is 12.6 Å². The summed E-state index contributed by atoms with van der Waals surface area (Å²) in [6.45, 7) is 2.29. The zero-order valence-corrected chi connectivity index (χ0v) is 13.9. The van der Waals surface area contributed by atoms with E-state index in [4.69, 9.17) is 9.26 Å². The van der Waals surface area contributed by atoms with E-state index in [1.165, 1.54) is 22.7 Å². The molecule has 6 nitrogen and oxygen atoms in total. The summed E-state index contributed by atoms with van der Waals surface area (Å²) in [5.74, 6) is 0.416. The fraction of sp³-hybridized carbons (Fsp3) is 0.235. The van der Waals surface area contributed by atoms with Gasteiger partial charge in [0.1, 0.15) is 5.69 Å². The molecule has 0 radical (unpaired) electrons. The number of carbonyl (C=O) groups excluding carboxylic acids is 2. The van der Waals surface area contributed by atoms with Gasteiger partial charge >= 0.3 is 5.97 Å². The predicted octanol–water partition coefficient (Wildman–Crippen LogP) is 2.82. The lowest BCUT2D eigenvalue weighted by Crippen LogP contribution is -2.24. The number of carbonyl (C=O) groups is 2. The normalized spacial score (nSPS) is 16.0. The SMILES string of the molecule is CCOC(=O)/C=C1\SCC(=O)N1Cc1cc(-c2ccccc2)on1. The lowest BCUT2D eigenvalue weighted by atomic mass is 10.1. The number of ether oxygens (including phenoxy) is 1. The number of thioether (sulfide) groups is 1. The molecular formula is C17H16N2O4S. The first-order valence-electron chi connectivity index (χ1n) is 7.50. The Balaban J connectivity index is 1.75. The zero-order chi connectivity index (χ0) is 16.9. The van der Waals surface area contributed by atoms with Crippen molar-refractivity contribution < 1.29 is 18.8 Å². The minimum absolute atomic E-state index is 0.0696. The Kier molecular flexibility index (Phi) is 5.00. The topological polar surface area (TPSA) is 72.6 Å². The van der Waals surface area contributed by atoms with Gasteiger partial charge in [0, 0.05) is 11.6 Å². The van der Waals surface area contributed by atoms with E-state index in [0.29, 0.717) is 28.8 Å². The molecule has 0 unspecified atom stereocenters. The summed E-state index contributed by atoms with van der Waals surface area (Å²) in [6, 6.07) is 11.4. The van der Waals surface area contributed by atoms with Gasteiger partial charge in [-0.25, -0.2) is 4.79 Å². The molecule has 3 rings (SSSR count). The Labute approximate surface area is 143 Å². The quantitative estimate of drug-likeness (QED) is 0.613. The van der Waals surface area contributed by atoms with Crippen molar-refractivity contribution in [1.29, 1.82) is 0 Å². The molecule has 2 aromatic rings. The molecule has 1 fully saturated rings. The van der Waals surface area contributed by atoms with Crippen LogP contribution in [0.5, 0.6) is 0 Å². The molecule has 1 saturated heterocycles. The van der Waals surface area contributed by atoms with E-state index in [1.54, 1.807) is 13.0 Å². The molecule has 0 saturated carbocycles. The highest BCUT2D eigenvalue weighted by Crippen LogP contribution is 2.31. The van der Waals surface area contributed by atoms with Crippen LogP contribution in [-0.2, 0) is 20.9 Å². The number of hydrogen-bond acceptors (Lipinski definition) is 6. The number of rotatable bonds is 5. The van der Waals surface area contributed by atoms with Gasteiger partial charge < -0.3 is 9.26 Å². The van der Waals surface area contributed by atoms with Gasteiger partial charge in [0.15, 0.2) is 5.76 Å². The Morgan fingerprint density at radius 2 is 2.21 bits per heavy atom. The minimum Gasteiger partial charge on any atom is -0.463 e. The van der Waals surface area contributed by atoms with Gasteiger partial charge in [-0.3, -0.25) is 9.69 Å². The number of nitrogens with zero attached hydrogens (tertiary/aromatic N) is 2. The van der Waals surface area contributed by atoms with Crippen LogP contribution >= 0.6 is 11.8 Å². The molecule has 1 aliphatic heterocycles. The molecule has 124 valence electrons. The van der Waals surface area contributed by atoms with Crippen molar-refractivity contribution in [2.24, 2.45) is 0 Å². The van der Waals surface area contributed by atoms with Crippen molar-refractivity contribution in [3.8, 4) is 11.3 Å². The highest BCUT2D eigenvalue weighted by atomic mass is 32.2. The van der Waals surface area contributed by atoms with Crippen molar-refractivity contribution >= 4 is 23.6 Å². The van der Waals surface area contributed by atoms with E-state index < -0.39 is 5.97 Å². The van der Waals surface area contributed by atoms with Gasteiger partial charge in [-0.2, -0.15) is 0 Å². The van der Waals surface area contributed by atoms with Crippen LogP contribution in [0, 0.1) is 0 Å². The molecule has 1 aliphatic rings. The highest BCUT2D eigenvalue weighted by molar-refractivity contribution is 8.04. The van der Waals surface area contributed by atoms with Crippen LogP contribution in [0.4, 0.5) is 0 Å². The Hall–Kier alpha value is -2.54. The third kappa shape index (κ3) is 3.68. The second-order valence-electron chi connectivity index (χ2n) is 5.05. The summed E-state index contributed by atoms with van der Waals surface area (Å²) < 4.78 is 10.2. The van der Waals surface area contributed by atoms with Gasteiger partial charge in [0.05, 0.1) is 30.0 Å². The second kappa shape index (κ2) is 7.35. The molecule has 0 bridgehead atoms. The average molecular weight is 344 g/mol. The number of benzene rings is 1. The maximum atomic E-state index is 12.1. The number of esters is 1. The summed E-state index contributed by atoms with van der Waals surface area (Å²) in [7, 11) is 0. The first kappa shape index (κ1) is 16.3. The van der Waals surface area contributed by atoms with Gasteiger partial charge in [-0.1, -0.05) is 47.3 Å². The van der Waals surface area contributed by atoms with Crippen molar-refractivity contribution in [2.75, 3.05) is 12.4 Å². The summed E-state index contributed by atoms with van der Waals surface area (Å²) in [4.78, 5) is 25.2. The monoisotopic (exact) mass is 344 g/mol. The van der Waals surface area contributed by atoms with E-state index >= 15 is 0 Å². The summed E-state index contributed by atoms with van der Waals surface area (Å²) in [6.07, 6.45) is 1.34. The number of amides is 1. The van der Waals surface area contributed by atoms with E-state index in [2.05, 4.69) is 5.16 Å². The standard InChI is InChI=1S/C17H16N2O4S/c1-2-22-17(21)9-16-19(15(20)11-24-16)10-13-8-14(23-18-13)12-6-4-3-5-7-12/h3-9H,2,10-11H2,1H3/b16-9-. The van der Waals surface area contributed by atoms with Gasteiger partial charge in [-0.15, -0.1) is 0 Å². The van der Waals surface area contributed by atoms with Crippen LogP contribution in [0.25, 0.3) is 11.3 Å². The minimum atomic E-state index is -0.454. The highest BCUT2D eigenvalue weighted by Gasteiger charge is 2.28. The van der Waals surface area contributed by atoms with Gasteiger partial charge in [0.25, 0.3) is 0 Å². The maximum absolute atomic E-state index is 12.1. The van der Waals surface area contributed by atoms with Crippen LogP contribution in [-0.4, -0.2) is 34.3 Å². The van der Waals surface area contributed by atoms with Crippen molar-refractivity contribution in [3.05, 3.63) is 53.2 Å². The number of hydrogen-bond donors (Lipinski definition) is 0. The molecule has 0 spiro atoms. The van der Waals surface area contributed by atoms with Crippen molar-refractivity contribution in [3.63, 3.8) is 0 Å². The lowest BCUT2D eigenvalue weighted by Gasteiger charge is -2.14. The Morgan fingerprint density at radius 3 is 2.96 bits per heavy atom. The molecule has 1 aromatic carbocycles. The lowest BCUT2D eigenvalue weighted by molar-refractivity contribution is -0.137. The second-order valence-corrected chi connectivity index (χ2v) is 6.05. The third-order valence-electron chi connectivity index (χ3n) is 3.38. The van der Waals surface area contributed by atoms with E-state index in [0.717, 1.165) is 5.56 Å². The molecule has 1 amide bonds. The Bertz CT molecular complexity index is 770. The van der Waals surface area contributed by atoms with E-state index in [1.807, 2.05) is 30.3 Å².